The number of nitrogens with zero attached hydrogens (tertiary/aromatic N) is 2. The molecule has 1 atom stereocenters. The van der Waals surface area contributed by atoms with Crippen LogP contribution in [-0.2, 0) is 9.63 Å². The number of halogens is 1. The summed E-state index contributed by atoms with van der Waals surface area (Å²) in [4.78, 5) is 27.5. The lowest BCUT2D eigenvalue weighted by molar-refractivity contribution is -0.384. The molecule has 0 aliphatic heterocycles. The molecule has 1 N–H and O–H groups in total. The molecule has 0 spiro atoms. The zero-order valence-corrected chi connectivity index (χ0v) is 16.1. The van der Waals surface area contributed by atoms with E-state index in [4.69, 9.17) is 25.9 Å². The Morgan fingerprint density at radius 3 is 2.68 bits per heavy atom. The summed E-state index contributed by atoms with van der Waals surface area (Å²) in [6.45, 7) is 1.49. The molecule has 10 heteroatoms. The van der Waals surface area contributed by atoms with E-state index >= 15 is 0 Å². The number of methoxy groups -OCH3 is 2. The Morgan fingerprint density at radius 1 is 1.29 bits per heavy atom. The maximum absolute atomic E-state index is 12.1. The number of oxime groups is 1. The molecule has 0 saturated heterocycles. The summed E-state index contributed by atoms with van der Waals surface area (Å²) in [5.74, 6) is 0.308. The van der Waals surface area contributed by atoms with E-state index in [1.165, 1.54) is 51.6 Å². The molecule has 148 valence electrons. The van der Waals surface area contributed by atoms with Gasteiger partial charge in [0.1, 0.15) is 0 Å². The van der Waals surface area contributed by atoms with Gasteiger partial charge in [-0.2, -0.15) is 0 Å². The van der Waals surface area contributed by atoms with Crippen LogP contribution in [0.2, 0.25) is 5.02 Å². The third-order valence-corrected chi connectivity index (χ3v) is 3.85. The SMILES string of the molecule is COc1cc(/C=N/OC(C)C(=O)Nc2cccc([N+](=O)[O-])c2)cc(Cl)c1OC. The van der Waals surface area contributed by atoms with Crippen LogP contribution in [0, 0.1) is 10.1 Å². The first kappa shape index (κ1) is 21.0. The van der Waals surface area contributed by atoms with Crippen molar-refractivity contribution < 1.29 is 24.0 Å². The molecule has 0 fully saturated rings. The zero-order chi connectivity index (χ0) is 20.7. The van der Waals surface area contributed by atoms with Gasteiger partial charge in [0.25, 0.3) is 11.6 Å². The highest BCUT2D eigenvalue weighted by molar-refractivity contribution is 6.32. The number of ether oxygens (including phenoxy) is 2. The highest BCUT2D eigenvalue weighted by Gasteiger charge is 2.16. The average molecular weight is 408 g/mol. The van der Waals surface area contributed by atoms with Crippen LogP contribution in [0.15, 0.2) is 41.6 Å². The predicted octanol–water partition coefficient (Wildman–Crippen LogP) is 3.64. The summed E-state index contributed by atoms with van der Waals surface area (Å²) in [6.07, 6.45) is 0.427. The van der Waals surface area contributed by atoms with Crippen molar-refractivity contribution in [2.45, 2.75) is 13.0 Å². The third kappa shape index (κ3) is 5.34. The topological polar surface area (TPSA) is 112 Å². The fourth-order valence-corrected chi connectivity index (χ4v) is 2.48. The van der Waals surface area contributed by atoms with Crippen LogP contribution >= 0.6 is 11.6 Å². The molecule has 2 aromatic rings. The minimum atomic E-state index is -0.939. The first-order valence-corrected chi connectivity index (χ1v) is 8.39. The molecule has 1 unspecified atom stereocenters. The maximum Gasteiger partial charge on any atom is 0.271 e. The van der Waals surface area contributed by atoms with E-state index in [9.17, 15) is 14.9 Å². The van der Waals surface area contributed by atoms with E-state index in [0.29, 0.717) is 22.1 Å². The normalized spacial score (nSPS) is 11.7. The van der Waals surface area contributed by atoms with E-state index in [2.05, 4.69) is 10.5 Å². The van der Waals surface area contributed by atoms with Crippen LogP contribution in [-0.4, -0.2) is 37.4 Å². The van der Waals surface area contributed by atoms with E-state index in [1.54, 1.807) is 12.1 Å². The van der Waals surface area contributed by atoms with Crippen molar-refractivity contribution in [2.75, 3.05) is 19.5 Å². The molecule has 0 aliphatic rings. The monoisotopic (exact) mass is 407 g/mol. The number of nitro groups is 1. The molecule has 9 nitrogen and oxygen atoms in total. The quantitative estimate of drug-likeness (QED) is 0.406. The van der Waals surface area contributed by atoms with Crippen LogP contribution in [0.3, 0.4) is 0 Å². The number of carbonyl (C=O) groups excluding carboxylic acids is 1. The molecule has 0 aliphatic carbocycles. The van der Waals surface area contributed by atoms with Crippen molar-refractivity contribution in [1.82, 2.24) is 0 Å². The summed E-state index contributed by atoms with van der Waals surface area (Å²) in [5, 5.41) is 17.4. The molecular formula is C18H18ClN3O6. The summed E-state index contributed by atoms with van der Waals surface area (Å²) in [5.41, 5.74) is 0.731. The Kier molecular flexibility index (Phi) is 7.16. The minimum Gasteiger partial charge on any atom is -0.493 e. The van der Waals surface area contributed by atoms with Crippen molar-refractivity contribution in [3.63, 3.8) is 0 Å². The van der Waals surface area contributed by atoms with Gasteiger partial charge in [0, 0.05) is 23.4 Å². The fourth-order valence-electron chi connectivity index (χ4n) is 2.18. The predicted molar refractivity (Wildman–Crippen MR) is 104 cm³/mol. The number of rotatable bonds is 8. The molecule has 2 aromatic carbocycles. The standard InChI is InChI=1S/C18H18ClN3O6/c1-11(18(23)21-13-5-4-6-14(9-13)22(24)25)28-20-10-12-7-15(19)17(27-3)16(8-12)26-2/h4-11H,1-3H3,(H,21,23)/b20-10+. The smallest absolute Gasteiger partial charge is 0.271 e. The number of anilines is 1. The van der Waals surface area contributed by atoms with Gasteiger partial charge in [0.2, 0.25) is 6.10 Å². The summed E-state index contributed by atoms with van der Waals surface area (Å²) in [7, 11) is 2.95. The first-order chi connectivity index (χ1) is 13.3. The molecule has 28 heavy (non-hydrogen) atoms. The Bertz CT molecular complexity index is 903. The second kappa shape index (κ2) is 9.56. The van der Waals surface area contributed by atoms with Gasteiger partial charge in [-0.3, -0.25) is 14.9 Å². The Hall–Kier alpha value is -3.33. The third-order valence-electron chi connectivity index (χ3n) is 3.57. The summed E-state index contributed by atoms with van der Waals surface area (Å²) in [6, 6.07) is 8.83. The largest absolute Gasteiger partial charge is 0.493 e. The van der Waals surface area contributed by atoms with Crippen molar-refractivity contribution >= 4 is 35.1 Å². The van der Waals surface area contributed by atoms with Gasteiger partial charge in [-0.1, -0.05) is 22.8 Å². The molecular weight excluding hydrogens is 390 g/mol. The van der Waals surface area contributed by atoms with Crippen molar-refractivity contribution in [3.8, 4) is 11.5 Å². The number of non-ortho nitro benzene ring substituents is 1. The van der Waals surface area contributed by atoms with E-state index < -0.39 is 16.9 Å². The molecule has 2 rings (SSSR count). The number of hydrogen-bond donors (Lipinski definition) is 1. The minimum absolute atomic E-state index is 0.130. The van der Waals surface area contributed by atoms with Crippen LogP contribution < -0.4 is 14.8 Å². The number of amides is 1. The number of nitro benzene ring substituents is 1. The van der Waals surface area contributed by atoms with Gasteiger partial charge in [-0.25, -0.2) is 0 Å². The van der Waals surface area contributed by atoms with Crippen LogP contribution in [0.4, 0.5) is 11.4 Å². The molecule has 0 radical (unpaired) electrons. The highest BCUT2D eigenvalue weighted by atomic mass is 35.5. The lowest BCUT2D eigenvalue weighted by Crippen LogP contribution is -2.26. The van der Waals surface area contributed by atoms with Gasteiger partial charge >= 0.3 is 0 Å². The molecule has 0 aromatic heterocycles. The van der Waals surface area contributed by atoms with E-state index in [-0.39, 0.29) is 11.4 Å². The molecule has 1 amide bonds. The fraction of sp³-hybridized carbons (Fsp3) is 0.222. The lowest BCUT2D eigenvalue weighted by atomic mass is 10.2. The zero-order valence-electron chi connectivity index (χ0n) is 15.3. The first-order valence-electron chi connectivity index (χ1n) is 8.01. The summed E-state index contributed by atoms with van der Waals surface area (Å²) < 4.78 is 10.3. The van der Waals surface area contributed by atoms with Gasteiger partial charge < -0.3 is 19.6 Å². The summed E-state index contributed by atoms with van der Waals surface area (Å²) >= 11 is 6.11. The number of carbonyl (C=O) groups is 1. The highest BCUT2D eigenvalue weighted by Crippen LogP contribution is 2.35. The van der Waals surface area contributed by atoms with Gasteiger partial charge in [0.05, 0.1) is 30.4 Å². The van der Waals surface area contributed by atoms with Crippen molar-refractivity contribution in [1.29, 1.82) is 0 Å². The number of nitrogens with one attached hydrogen (secondary N) is 1. The van der Waals surface area contributed by atoms with E-state index in [0.717, 1.165) is 0 Å². The Balaban J connectivity index is 2.00. The van der Waals surface area contributed by atoms with Crippen LogP contribution in [0.5, 0.6) is 11.5 Å². The van der Waals surface area contributed by atoms with Crippen molar-refractivity contribution in [3.05, 3.63) is 57.1 Å². The molecule has 0 saturated carbocycles. The van der Waals surface area contributed by atoms with Gasteiger partial charge in [-0.15, -0.1) is 0 Å². The average Bonchev–Trinajstić information content (AvgIpc) is 2.67. The van der Waals surface area contributed by atoms with Crippen LogP contribution in [0.1, 0.15) is 12.5 Å². The van der Waals surface area contributed by atoms with Gasteiger partial charge in [-0.05, 0) is 25.1 Å². The Morgan fingerprint density at radius 2 is 2.04 bits per heavy atom. The van der Waals surface area contributed by atoms with Crippen LogP contribution in [0.25, 0.3) is 0 Å². The number of benzene rings is 2. The number of hydrogen-bond acceptors (Lipinski definition) is 7. The second-order valence-corrected chi connectivity index (χ2v) is 5.92. The Labute approximate surface area is 166 Å². The van der Waals surface area contributed by atoms with Crippen molar-refractivity contribution in [2.24, 2.45) is 5.16 Å². The molecule has 0 bridgehead atoms. The second-order valence-electron chi connectivity index (χ2n) is 5.52. The van der Waals surface area contributed by atoms with Gasteiger partial charge in [0.15, 0.2) is 11.5 Å². The van der Waals surface area contributed by atoms with E-state index in [1.807, 2.05) is 0 Å². The maximum atomic E-state index is 12.1. The lowest BCUT2D eigenvalue weighted by Gasteiger charge is -2.11. The molecule has 0 heterocycles.